The number of carbonyl (C=O) groups is 1. The molecule has 2 heterocycles. The molecule has 0 saturated carbocycles. The number of nitrogens with two attached hydrogens (primary N) is 1. The van der Waals surface area contributed by atoms with Crippen LogP contribution in [0.5, 0.6) is 5.75 Å². The molecular formula is C19H26N6O2. The molecule has 8 heteroatoms. The smallest absolute Gasteiger partial charge is 0.223 e. The molecule has 1 saturated heterocycles. The Bertz CT molecular complexity index is 842. The summed E-state index contributed by atoms with van der Waals surface area (Å²) in [4.78, 5) is 18.5. The first-order chi connectivity index (χ1) is 12.9. The highest BCUT2D eigenvalue weighted by Gasteiger charge is 2.39. The summed E-state index contributed by atoms with van der Waals surface area (Å²) in [6.45, 7) is 2.48. The summed E-state index contributed by atoms with van der Waals surface area (Å²) in [7, 11) is 5.36. The second-order valence-electron chi connectivity index (χ2n) is 6.80. The zero-order chi connectivity index (χ0) is 19.6. The Morgan fingerprint density at radius 3 is 2.67 bits per heavy atom. The van der Waals surface area contributed by atoms with E-state index < -0.39 is 0 Å². The van der Waals surface area contributed by atoms with E-state index in [1.54, 1.807) is 12.0 Å². The standard InChI is InChI=1S/C19H26N6O2/c1-12-16(11-22-25(12)3)18-13(9-17(26)24(18)2)10-21-19(20)23-14-5-7-15(27-4)8-6-14/h5-8,11,13,18H,9-10H2,1-4H3,(H3,20,21,23)/t13-,18+/m0/s1. The summed E-state index contributed by atoms with van der Waals surface area (Å²) in [5.74, 6) is 1.27. The van der Waals surface area contributed by atoms with Crippen LogP contribution in [0.15, 0.2) is 35.5 Å². The fourth-order valence-electron chi connectivity index (χ4n) is 3.46. The minimum absolute atomic E-state index is 0.0382. The summed E-state index contributed by atoms with van der Waals surface area (Å²) in [5.41, 5.74) is 8.98. The molecule has 0 aliphatic carbocycles. The molecule has 0 radical (unpaired) electrons. The Morgan fingerprint density at radius 1 is 1.37 bits per heavy atom. The summed E-state index contributed by atoms with van der Waals surface area (Å²) < 4.78 is 6.97. The molecule has 8 nitrogen and oxygen atoms in total. The Morgan fingerprint density at radius 2 is 2.07 bits per heavy atom. The monoisotopic (exact) mass is 370 g/mol. The number of hydrogen-bond acceptors (Lipinski definition) is 4. The van der Waals surface area contributed by atoms with Crippen molar-refractivity contribution in [2.75, 3.05) is 26.0 Å². The van der Waals surface area contributed by atoms with Crippen LogP contribution in [-0.2, 0) is 11.8 Å². The van der Waals surface area contributed by atoms with Gasteiger partial charge in [-0.15, -0.1) is 0 Å². The molecule has 0 bridgehead atoms. The van der Waals surface area contributed by atoms with Gasteiger partial charge in [-0.25, -0.2) is 0 Å². The maximum absolute atomic E-state index is 12.3. The van der Waals surface area contributed by atoms with Crippen molar-refractivity contribution in [1.29, 1.82) is 0 Å². The van der Waals surface area contributed by atoms with E-state index in [1.165, 1.54) is 0 Å². The van der Waals surface area contributed by atoms with E-state index in [9.17, 15) is 4.79 Å². The number of benzene rings is 1. The van der Waals surface area contributed by atoms with Crippen molar-refractivity contribution < 1.29 is 9.53 Å². The van der Waals surface area contributed by atoms with Gasteiger partial charge in [0.05, 0.1) is 19.3 Å². The van der Waals surface area contributed by atoms with Gasteiger partial charge in [0.25, 0.3) is 0 Å². The SMILES string of the molecule is COc1ccc(NC(N)=NC[C@@H]2CC(=O)N(C)[C@H]2c2cnn(C)c2C)cc1. The van der Waals surface area contributed by atoms with E-state index in [4.69, 9.17) is 10.5 Å². The van der Waals surface area contributed by atoms with Crippen LogP contribution in [0.25, 0.3) is 0 Å². The van der Waals surface area contributed by atoms with Gasteiger partial charge in [-0.2, -0.15) is 5.10 Å². The number of guanidine groups is 1. The highest BCUT2D eigenvalue weighted by atomic mass is 16.5. The lowest BCUT2D eigenvalue weighted by molar-refractivity contribution is -0.127. The maximum atomic E-state index is 12.3. The minimum Gasteiger partial charge on any atom is -0.497 e. The molecule has 1 amide bonds. The summed E-state index contributed by atoms with van der Waals surface area (Å²) in [6, 6.07) is 7.40. The number of ether oxygens (including phenoxy) is 1. The number of nitrogens with zero attached hydrogens (tertiary/aromatic N) is 4. The van der Waals surface area contributed by atoms with E-state index in [0.717, 1.165) is 22.7 Å². The Kier molecular flexibility index (Phi) is 5.34. The molecule has 1 fully saturated rings. The fourth-order valence-corrected chi connectivity index (χ4v) is 3.46. The van der Waals surface area contributed by atoms with Crippen LogP contribution in [0.4, 0.5) is 5.69 Å². The first-order valence-corrected chi connectivity index (χ1v) is 8.86. The number of aromatic nitrogens is 2. The van der Waals surface area contributed by atoms with Crippen molar-refractivity contribution in [1.82, 2.24) is 14.7 Å². The van der Waals surface area contributed by atoms with Crippen LogP contribution in [0.2, 0.25) is 0 Å². The van der Waals surface area contributed by atoms with Gasteiger partial charge in [0.2, 0.25) is 5.91 Å². The molecule has 144 valence electrons. The number of aliphatic imine (C=N–C) groups is 1. The first kappa shape index (κ1) is 18.8. The number of hydrogen-bond donors (Lipinski definition) is 2. The minimum atomic E-state index is -0.0382. The fraction of sp³-hybridized carbons (Fsp3) is 0.421. The van der Waals surface area contributed by atoms with Crippen molar-refractivity contribution in [3.63, 3.8) is 0 Å². The van der Waals surface area contributed by atoms with Crippen molar-refractivity contribution in [3.8, 4) is 5.75 Å². The predicted octanol–water partition coefficient (Wildman–Crippen LogP) is 1.68. The Labute approximate surface area is 159 Å². The summed E-state index contributed by atoms with van der Waals surface area (Å²) in [6.07, 6.45) is 2.29. The van der Waals surface area contributed by atoms with Crippen LogP contribution in [0.1, 0.15) is 23.7 Å². The van der Waals surface area contributed by atoms with Crippen LogP contribution in [0, 0.1) is 12.8 Å². The van der Waals surface area contributed by atoms with Crippen LogP contribution >= 0.6 is 0 Å². The van der Waals surface area contributed by atoms with Crippen LogP contribution < -0.4 is 15.8 Å². The normalized spacial score (nSPS) is 20.2. The molecule has 3 rings (SSSR count). The maximum Gasteiger partial charge on any atom is 0.223 e. The van der Waals surface area contributed by atoms with Crippen LogP contribution in [-0.4, -0.2) is 47.2 Å². The van der Waals surface area contributed by atoms with Crippen LogP contribution in [0.3, 0.4) is 0 Å². The quantitative estimate of drug-likeness (QED) is 0.616. The van der Waals surface area contributed by atoms with Gasteiger partial charge >= 0.3 is 0 Å². The summed E-state index contributed by atoms with van der Waals surface area (Å²) >= 11 is 0. The van der Waals surface area contributed by atoms with E-state index in [2.05, 4.69) is 15.4 Å². The lowest BCUT2D eigenvalue weighted by Gasteiger charge is -2.24. The molecule has 2 aromatic rings. The van der Waals surface area contributed by atoms with Crippen molar-refractivity contribution in [2.45, 2.75) is 19.4 Å². The molecule has 1 aliphatic heterocycles. The van der Waals surface area contributed by atoms with Gasteiger partial charge in [-0.1, -0.05) is 0 Å². The second kappa shape index (κ2) is 7.69. The lowest BCUT2D eigenvalue weighted by Crippen LogP contribution is -2.27. The van der Waals surface area contributed by atoms with Gasteiger partial charge < -0.3 is 20.7 Å². The van der Waals surface area contributed by atoms with E-state index >= 15 is 0 Å². The number of anilines is 1. The number of aryl methyl sites for hydroxylation is 1. The number of amides is 1. The topological polar surface area (TPSA) is 97.8 Å². The number of rotatable bonds is 5. The van der Waals surface area contributed by atoms with Crippen molar-refractivity contribution >= 4 is 17.6 Å². The van der Waals surface area contributed by atoms with Gasteiger partial charge in [0.1, 0.15) is 5.75 Å². The number of likely N-dealkylation sites (tertiary alicyclic amines) is 1. The number of methoxy groups -OCH3 is 1. The third-order valence-corrected chi connectivity index (χ3v) is 5.14. The highest BCUT2D eigenvalue weighted by Crippen LogP contribution is 2.38. The lowest BCUT2D eigenvalue weighted by atomic mass is 9.94. The van der Waals surface area contributed by atoms with Crippen molar-refractivity contribution in [3.05, 3.63) is 41.7 Å². The molecule has 1 aromatic heterocycles. The van der Waals surface area contributed by atoms with E-state index in [1.807, 2.05) is 56.2 Å². The molecule has 3 N–H and O–H groups in total. The largest absolute Gasteiger partial charge is 0.497 e. The average molecular weight is 370 g/mol. The zero-order valence-electron chi connectivity index (χ0n) is 16.1. The summed E-state index contributed by atoms with van der Waals surface area (Å²) in [5, 5.41) is 7.38. The molecule has 0 unspecified atom stereocenters. The molecule has 1 aromatic carbocycles. The van der Waals surface area contributed by atoms with Gasteiger partial charge in [-0.05, 0) is 31.2 Å². The van der Waals surface area contributed by atoms with Gasteiger partial charge in [-0.3, -0.25) is 14.5 Å². The first-order valence-electron chi connectivity index (χ1n) is 8.86. The molecule has 1 aliphatic rings. The van der Waals surface area contributed by atoms with E-state index in [-0.39, 0.29) is 17.9 Å². The average Bonchev–Trinajstić information content (AvgIpc) is 3.13. The number of nitrogens with one attached hydrogen (secondary N) is 1. The Hall–Kier alpha value is -3.03. The molecule has 2 atom stereocenters. The third-order valence-electron chi connectivity index (χ3n) is 5.14. The molecule has 27 heavy (non-hydrogen) atoms. The van der Waals surface area contributed by atoms with E-state index in [0.29, 0.717) is 18.9 Å². The molecular weight excluding hydrogens is 344 g/mol. The molecule has 0 spiro atoms. The third kappa shape index (κ3) is 3.89. The number of carbonyl (C=O) groups excluding carboxylic acids is 1. The van der Waals surface area contributed by atoms with Gasteiger partial charge in [0.15, 0.2) is 5.96 Å². The zero-order valence-corrected chi connectivity index (χ0v) is 16.1. The predicted molar refractivity (Wildman–Crippen MR) is 105 cm³/mol. The van der Waals surface area contributed by atoms with Crippen molar-refractivity contribution in [2.24, 2.45) is 23.7 Å². The Balaban J connectivity index is 1.71. The second-order valence-corrected chi connectivity index (χ2v) is 6.80. The highest BCUT2D eigenvalue weighted by molar-refractivity contribution is 5.92. The van der Waals surface area contributed by atoms with Gasteiger partial charge in [0, 0.05) is 49.9 Å².